The van der Waals surface area contributed by atoms with Crippen LogP contribution in [0.15, 0.2) is 66.0 Å². The zero-order chi connectivity index (χ0) is 26.7. The molecule has 0 spiro atoms. The first-order valence-electron chi connectivity index (χ1n) is 12.1. The van der Waals surface area contributed by atoms with E-state index in [1.54, 1.807) is 60.7 Å². The number of carbonyl (C=O) groups is 1. The van der Waals surface area contributed by atoms with E-state index in [4.69, 9.17) is 4.74 Å². The second-order valence-corrected chi connectivity index (χ2v) is 11.6. The molecular formula is C27H32N4O5S. The Balaban J connectivity index is 1.70. The van der Waals surface area contributed by atoms with E-state index in [1.807, 2.05) is 26.0 Å². The first kappa shape index (κ1) is 26.7. The van der Waals surface area contributed by atoms with Crippen LogP contribution >= 0.6 is 0 Å². The summed E-state index contributed by atoms with van der Waals surface area (Å²) in [6, 6.07) is 11.6. The zero-order valence-electron chi connectivity index (χ0n) is 21.4. The molecular weight excluding hydrogens is 492 g/mol. The second kappa shape index (κ2) is 11.0. The van der Waals surface area contributed by atoms with Crippen molar-refractivity contribution in [2.24, 2.45) is 5.92 Å². The van der Waals surface area contributed by atoms with Crippen LogP contribution < -0.4 is 4.74 Å². The van der Waals surface area contributed by atoms with E-state index in [0.29, 0.717) is 0 Å². The number of benzene rings is 1. The standard InChI is InChI=1S/C27H32N4O5S/c1-18-5-7-23(8-6-18)37(34,35)30(4)16-25-19(2)15-31(20(3)17-32)27(33)24-13-22(14-29-26(24)36-25)21-9-11-28-12-10-21/h5-14,19-20,25,32H,15-17H2,1-4H3/t19-,20+,25-/m0/s1. The number of rotatable bonds is 7. The van der Waals surface area contributed by atoms with Gasteiger partial charge in [-0.25, -0.2) is 13.4 Å². The van der Waals surface area contributed by atoms with Crippen LogP contribution in [0.5, 0.6) is 5.88 Å². The Morgan fingerprint density at radius 3 is 2.49 bits per heavy atom. The second-order valence-electron chi connectivity index (χ2n) is 9.53. The fourth-order valence-corrected chi connectivity index (χ4v) is 5.45. The maximum atomic E-state index is 13.6. The van der Waals surface area contributed by atoms with Crippen molar-refractivity contribution in [2.45, 2.75) is 37.8 Å². The van der Waals surface area contributed by atoms with Crippen molar-refractivity contribution in [3.05, 3.63) is 72.2 Å². The fourth-order valence-electron chi connectivity index (χ4n) is 4.26. The van der Waals surface area contributed by atoms with Gasteiger partial charge in [0.05, 0.1) is 24.1 Å². The Morgan fingerprint density at radius 2 is 1.84 bits per heavy atom. The molecule has 1 aliphatic rings. The minimum absolute atomic E-state index is 0.0557. The van der Waals surface area contributed by atoms with Gasteiger partial charge in [-0.3, -0.25) is 9.78 Å². The van der Waals surface area contributed by atoms with Crippen molar-refractivity contribution in [1.29, 1.82) is 0 Å². The average Bonchev–Trinajstić information content (AvgIpc) is 2.90. The summed E-state index contributed by atoms with van der Waals surface area (Å²) in [5, 5.41) is 9.86. The van der Waals surface area contributed by atoms with Crippen LogP contribution in [0.3, 0.4) is 0 Å². The number of aromatic nitrogens is 2. The Kier molecular flexibility index (Phi) is 7.91. The van der Waals surface area contributed by atoms with Gasteiger partial charge in [-0.15, -0.1) is 0 Å². The number of nitrogens with zero attached hydrogens (tertiary/aromatic N) is 4. The quantitative estimate of drug-likeness (QED) is 0.506. The van der Waals surface area contributed by atoms with Crippen molar-refractivity contribution in [3.63, 3.8) is 0 Å². The molecule has 3 aromatic rings. The Labute approximate surface area is 217 Å². The van der Waals surface area contributed by atoms with Gasteiger partial charge in [0, 0.05) is 43.7 Å². The summed E-state index contributed by atoms with van der Waals surface area (Å²) in [4.78, 5) is 23.9. The van der Waals surface area contributed by atoms with Gasteiger partial charge in [0.1, 0.15) is 11.7 Å². The normalized spacial score (nSPS) is 19.1. The molecule has 9 nitrogen and oxygen atoms in total. The molecule has 4 rings (SSSR count). The van der Waals surface area contributed by atoms with Gasteiger partial charge < -0.3 is 14.7 Å². The van der Waals surface area contributed by atoms with E-state index >= 15 is 0 Å². The first-order chi connectivity index (χ1) is 17.6. The van der Waals surface area contributed by atoms with Crippen LogP contribution in [0.25, 0.3) is 11.1 Å². The molecule has 1 aromatic carbocycles. The lowest BCUT2D eigenvalue weighted by Crippen LogP contribution is -2.50. The van der Waals surface area contributed by atoms with Crippen LogP contribution in [0.1, 0.15) is 29.8 Å². The van der Waals surface area contributed by atoms with Gasteiger partial charge in [-0.1, -0.05) is 24.6 Å². The summed E-state index contributed by atoms with van der Waals surface area (Å²) < 4.78 is 34.0. The van der Waals surface area contributed by atoms with Crippen LogP contribution in [0, 0.1) is 12.8 Å². The molecule has 0 bridgehead atoms. The molecule has 0 aliphatic carbocycles. The predicted molar refractivity (Wildman–Crippen MR) is 140 cm³/mol. The number of ether oxygens (including phenoxy) is 1. The molecule has 0 fully saturated rings. The van der Waals surface area contributed by atoms with Gasteiger partial charge in [0.2, 0.25) is 15.9 Å². The van der Waals surface area contributed by atoms with Crippen molar-refractivity contribution < 1.29 is 23.1 Å². The highest BCUT2D eigenvalue weighted by Crippen LogP contribution is 2.30. The fraction of sp³-hybridized carbons (Fsp3) is 0.370. The van der Waals surface area contributed by atoms with E-state index in [9.17, 15) is 18.3 Å². The minimum Gasteiger partial charge on any atom is -0.472 e. The minimum atomic E-state index is -3.76. The predicted octanol–water partition coefficient (Wildman–Crippen LogP) is 2.99. The summed E-state index contributed by atoms with van der Waals surface area (Å²) >= 11 is 0. The highest BCUT2D eigenvalue weighted by molar-refractivity contribution is 7.89. The maximum Gasteiger partial charge on any atom is 0.259 e. The molecule has 2 aromatic heterocycles. The van der Waals surface area contributed by atoms with Crippen molar-refractivity contribution >= 4 is 15.9 Å². The van der Waals surface area contributed by atoms with Crippen LogP contribution in [0.4, 0.5) is 0 Å². The lowest BCUT2D eigenvalue weighted by atomic mass is 9.99. The van der Waals surface area contributed by atoms with E-state index in [1.165, 1.54) is 11.4 Å². The van der Waals surface area contributed by atoms with E-state index < -0.39 is 22.2 Å². The molecule has 0 saturated carbocycles. The molecule has 0 unspecified atom stereocenters. The van der Waals surface area contributed by atoms with Gasteiger partial charge in [-0.2, -0.15) is 4.31 Å². The van der Waals surface area contributed by atoms with Crippen LogP contribution in [-0.4, -0.2) is 77.5 Å². The third kappa shape index (κ3) is 5.66. The maximum absolute atomic E-state index is 13.6. The monoisotopic (exact) mass is 524 g/mol. The Morgan fingerprint density at radius 1 is 1.16 bits per heavy atom. The number of aliphatic hydroxyl groups excluding tert-OH is 1. The lowest BCUT2D eigenvalue weighted by molar-refractivity contribution is 0.0373. The molecule has 10 heteroatoms. The van der Waals surface area contributed by atoms with Gasteiger partial charge in [-0.05, 0) is 49.7 Å². The van der Waals surface area contributed by atoms with Crippen molar-refractivity contribution in [2.75, 3.05) is 26.7 Å². The molecule has 1 N–H and O–H groups in total. The van der Waals surface area contributed by atoms with Crippen LogP contribution in [0.2, 0.25) is 0 Å². The van der Waals surface area contributed by atoms with Crippen LogP contribution in [-0.2, 0) is 10.0 Å². The number of hydrogen-bond acceptors (Lipinski definition) is 7. The van der Waals surface area contributed by atoms with E-state index in [-0.39, 0.29) is 47.9 Å². The number of aryl methyl sites for hydroxylation is 1. The van der Waals surface area contributed by atoms with Crippen molar-refractivity contribution in [3.8, 4) is 17.0 Å². The summed E-state index contributed by atoms with van der Waals surface area (Å²) in [5.41, 5.74) is 2.79. The average molecular weight is 525 g/mol. The molecule has 196 valence electrons. The summed E-state index contributed by atoms with van der Waals surface area (Å²) in [6.07, 6.45) is 4.35. The summed E-state index contributed by atoms with van der Waals surface area (Å²) in [6.45, 7) is 5.70. The molecule has 37 heavy (non-hydrogen) atoms. The largest absolute Gasteiger partial charge is 0.472 e. The van der Waals surface area contributed by atoms with Gasteiger partial charge in [0.25, 0.3) is 5.91 Å². The summed E-state index contributed by atoms with van der Waals surface area (Å²) in [7, 11) is -2.24. The number of sulfonamides is 1. The van der Waals surface area contributed by atoms with Crippen molar-refractivity contribution in [1.82, 2.24) is 19.2 Å². The number of amides is 1. The van der Waals surface area contributed by atoms with Gasteiger partial charge >= 0.3 is 0 Å². The molecule has 0 saturated heterocycles. The number of fused-ring (bicyclic) bond motifs is 1. The SMILES string of the molecule is Cc1ccc(S(=O)(=O)N(C)C[C@@H]2Oc3ncc(-c4ccncc4)cc3C(=O)N([C@H](C)CO)C[C@@H]2C)cc1. The Bertz CT molecular complexity index is 1350. The zero-order valence-corrected chi connectivity index (χ0v) is 22.2. The molecule has 3 atom stereocenters. The number of aliphatic hydroxyl groups is 1. The smallest absolute Gasteiger partial charge is 0.259 e. The third-order valence-corrected chi connectivity index (χ3v) is 8.54. The lowest BCUT2D eigenvalue weighted by Gasteiger charge is -2.37. The topological polar surface area (TPSA) is 113 Å². The molecule has 3 heterocycles. The van der Waals surface area contributed by atoms with Gasteiger partial charge in [0.15, 0.2) is 0 Å². The molecule has 1 aliphatic heterocycles. The van der Waals surface area contributed by atoms with E-state index in [0.717, 1.165) is 16.7 Å². The highest BCUT2D eigenvalue weighted by Gasteiger charge is 2.36. The number of carbonyl (C=O) groups excluding carboxylic acids is 1. The number of pyridine rings is 2. The Hall–Kier alpha value is -3.34. The number of likely N-dealkylation sites (N-methyl/N-ethyl adjacent to an activating group) is 1. The third-order valence-electron chi connectivity index (χ3n) is 6.70. The first-order valence-corrected chi connectivity index (χ1v) is 13.6. The number of hydrogen-bond donors (Lipinski definition) is 1. The highest BCUT2D eigenvalue weighted by atomic mass is 32.2. The molecule has 1 amide bonds. The molecule has 0 radical (unpaired) electrons. The summed E-state index contributed by atoms with van der Waals surface area (Å²) in [5.74, 6) is -0.412. The van der Waals surface area contributed by atoms with E-state index in [2.05, 4.69) is 9.97 Å².